The monoisotopic (exact) mass is 245 g/mol. The number of fused-ring (bicyclic) bond motifs is 2. The molecule has 0 spiro atoms. The summed E-state index contributed by atoms with van der Waals surface area (Å²) in [4.78, 5) is 2.51. The lowest BCUT2D eigenvalue weighted by Crippen LogP contribution is -2.47. The van der Waals surface area contributed by atoms with E-state index in [1.54, 1.807) is 0 Å². The van der Waals surface area contributed by atoms with Gasteiger partial charge < -0.3 is 10.0 Å². The molecule has 2 unspecified atom stereocenters. The Morgan fingerprint density at radius 1 is 1.22 bits per heavy atom. The maximum Gasteiger partial charge on any atom is 0.0480 e. The molecule has 4 atom stereocenters. The van der Waals surface area contributed by atoms with E-state index >= 15 is 0 Å². The smallest absolute Gasteiger partial charge is 0.0480 e. The van der Waals surface area contributed by atoms with E-state index in [1.807, 2.05) is 0 Å². The molecule has 2 aliphatic heterocycles. The Morgan fingerprint density at radius 3 is 2.61 bits per heavy atom. The highest BCUT2D eigenvalue weighted by Gasteiger charge is 2.45. The number of piperidine rings is 1. The van der Waals surface area contributed by atoms with Gasteiger partial charge in [0.1, 0.15) is 0 Å². The van der Waals surface area contributed by atoms with Crippen LogP contribution in [0.3, 0.4) is 0 Å². The fourth-order valence-electron chi connectivity index (χ4n) is 4.02. The van der Waals surface area contributed by atoms with Crippen LogP contribution in [0.5, 0.6) is 0 Å². The number of rotatable bonds is 2. The third-order valence-corrected chi connectivity index (χ3v) is 5.15. The fraction of sp³-hybridized carbons (Fsp3) is 0.625. The van der Waals surface area contributed by atoms with E-state index in [1.165, 1.54) is 30.4 Å². The van der Waals surface area contributed by atoms with Crippen LogP contribution in [-0.2, 0) is 0 Å². The molecule has 2 fully saturated rings. The van der Waals surface area contributed by atoms with E-state index in [0.29, 0.717) is 24.5 Å². The van der Waals surface area contributed by atoms with Crippen LogP contribution in [0.25, 0.3) is 0 Å². The van der Waals surface area contributed by atoms with Gasteiger partial charge in [0.25, 0.3) is 0 Å². The number of hydrogen-bond acceptors (Lipinski definition) is 2. The maximum absolute atomic E-state index is 9.79. The second kappa shape index (κ2) is 4.67. The van der Waals surface area contributed by atoms with Crippen LogP contribution in [0.15, 0.2) is 24.3 Å². The van der Waals surface area contributed by atoms with Gasteiger partial charge in [0, 0.05) is 24.6 Å². The van der Waals surface area contributed by atoms with Gasteiger partial charge in [-0.3, -0.25) is 0 Å². The molecule has 0 amide bonds. The van der Waals surface area contributed by atoms with Crippen molar-refractivity contribution in [2.45, 2.75) is 44.2 Å². The molecule has 0 aromatic heterocycles. The quantitative estimate of drug-likeness (QED) is 0.865. The van der Waals surface area contributed by atoms with Crippen molar-refractivity contribution in [2.24, 2.45) is 5.92 Å². The van der Waals surface area contributed by atoms with Gasteiger partial charge in [0.2, 0.25) is 0 Å². The van der Waals surface area contributed by atoms with Crippen LogP contribution >= 0.6 is 0 Å². The molecule has 2 aliphatic rings. The normalized spacial score (nSPS) is 35.9. The molecule has 2 nitrogen and oxygen atoms in total. The topological polar surface area (TPSA) is 23.5 Å². The largest absolute Gasteiger partial charge is 0.396 e. The number of aliphatic hydroxyl groups is 1. The summed E-state index contributed by atoms with van der Waals surface area (Å²) in [6.45, 7) is 2.45. The number of nitrogens with zero attached hydrogens (tertiary/aromatic N) is 1. The van der Waals surface area contributed by atoms with Gasteiger partial charge in [-0.2, -0.15) is 0 Å². The number of aliphatic hydroxyl groups excluding tert-OH is 1. The second-order valence-electron chi connectivity index (χ2n) is 6.06. The highest BCUT2D eigenvalue weighted by atomic mass is 16.3. The molecule has 1 aromatic carbocycles. The summed E-state index contributed by atoms with van der Waals surface area (Å²) in [6.07, 6.45) is 3.77. The lowest BCUT2D eigenvalue weighted by molar-refractivity contribution is 0.0592. The maximum atomic E-state index is 9.79. The van der Waals surface area contributed by atoms with Gasteiger partial charge >= 0.3 is 0 Å². The van der Waals surface area contributed by atoms with E-state index < -0.39 is 0 Å². The third-order valence-electron chi connectivity index (χ3n) is 5.15. The van der Waals surface area contributed by atoms with Crippen molar-refractivity contribution >= 4 is 0 Å². The molecule has 0 aliphatic carbocycles. The summed E-state index contributed by atoms with van der Waals surface area (Å²) in [5, 5.41) is 9.79. The molecule has 2 heteroatoms. The van der Waals surface area contributed by atoms with Crippen LogP contribution in [0, 0.1) is 12.8 Å². The number of benzene rings is 1. The zero-order valence-corrected chi connectivity index (χ0v) is 11.3. The van der Waals surface area contributed by atoms with Crippen LogP contribution in [-0.4, -0.2) is 35.7 Å². The Bertz CT molecular complexity index is 414. The first-order valence-electron chi connectivity index (χ1n) is 7.10. The summed E-state index contributed by atoms with van der Waals surface area (Å²) in [6, 6.07) is 10.2. The molecule has 2 bridgehead atoms. The van der Waals surface area contributed by atoms with Crippen molar-refractivity contribution in [1.29, 1.82) is 0 Å². The average Bonchev–Trinajstić information content (AvgIpc) is 2.63. The summed E-state index contributed by atoms with van der Waals surface area (Å²) in [5.41, 5.74) is 2.74. The van der Waals surface area contributed by atoms with Crippen molar-refractivity contribution in [3.8, 4) is 0 Å². The van der Waals surface area contributed by atoms with E-state index in [9.17, 15) is 5.11 Å². The molecule has 1 N–H and O–H groups in total. The lowest BCUT2D eigenvalue weighted by atomic mass is 9.76. The predicted octanol–water partition coefficient (Wildman–Crippen LogP) is 2.55. The molecule has 2 heterocycles. The SMILES string of the molecule is Cc1ccc([C@H]2CC3CCC([C@@H]2CO)N3C)cc1. The van der Waals surface area contributed by atoms with Crippen molar-refractivity contribution in [2.75, 3.05) is 13.7 Å². The first kappa shape index (κ1) is 12.2. The Balaban J connectivity index is 1.89. The van der Waals surface area contributed by atoms with Gasteiger partial charge in [-0.15, -0.1) is 0 Å². The van der Waals surface area contributed by atoms with Gasteiger partial charge in [-0.05, 0) is 44.7 Å². The average molecular weight is 245 g/mol. The third kappa shape index (κ3) is 1.88. The van der Waals surface area contributed by atoms with Crippen molar-refractivity contribution in [3.05, 3.63) is 35.4 Å². The van der Waals surface area contributed by atoms with Gasteiger partial charge in [0.05, 0.1) is 0 Å². The van der Waals surface area contributed by atoms with E-state index in [2.05, 4.69) is 43.1 Å². The first-order valence-corrected chi connectivity index (χ1v) is 7.10. The highest BCUT2D eigenvalue weighted by molar-refractivity contribution is 5.27. The molecule has 1 aromatic rings. The second-order valence-corrected chi connectivity index (χ2v) is 6.06. The number of aryl methyl sites for hydroxylation is 1. The van der Waals surface area contributed by atoms with Gasteiger partial charge in [0.15, 0.2) is 0 Å². The zero-order valence-electron chi connectivity index (χ0n) is 11.3. The molecule has 98 valence electrons. The standard InChI is InChI=1S/C16H23NO/c1-11-3-5-12(6-4-11)14-9-13-7-8-16(17(13)2)15(14)10-18/h3-6,13-16,18H,7-10H2,1-2H3/t13?,14-,15-,16?/m1/s1. The van der Waals surface area contributed by atoms with E-state index in [-0.39, 0.29) is 0 Å². The Hall–Kier alpha value is -0.860. The van der Waals surface area contributed by atoms with Crippen LogP contribution in [0.4, 0.5) is 0 Å². The first-order chi connectivity index (χ1) is 8.70. The van der Waals surface area contributed by atoms with E-state index in [0.717, 1.165) is 6.04 Å². The lowest BCUT2D eigenvalue weighted by Gasteiger charge is -2.42. The minimum absolute atomic E-state index is 0.320. The van der Waals surface area contributed by atoms with Crippen LogP contribution in [0.1, 0.15) is 36.3 Å². The van der Waals surface area contributed by atoms with Crippen molar-refractivity contribution in [1.82, 2.24) is 4.90 Å². The van der Waals surface area contributed by atoms with E-state index in [4.69, 9.17) is 0 Å². The summed E-state index contributed by atoms with van der Waals surface area (Å²) in [5.74, 6) is 0.959. The Kier molecular flexibility index (Phi) is 3.16. The van der Waals surface area contributed by atoms with Crippen molar-refractivity contribution in [3.63, 3.8) is 0 Å². The minimum atomic E-state index is 0.320. The summed E-state index contributed by atoms with van der Waals surface area (Å²) < 4.78 is 0. The van der Waals surface area contributed by atoms with Crippen molar-refractivity contribution < 1.29 is 5.11 Å². The zero-order chi connectivity index (χ0) is 12.7. The molecular weight excluding hydrogens is 222 g/mol. The van der Waals surface area contributed by atoms with Crippen LogP contribution < -0.4 is 0 Å². The van der Waals surface area contributed by atoms with Gasteiger partial charge in [-0.25, -0.2) is 0 Å². The molecule has 3 rings (SSSR count). The molecular formula is C16H23NO. The Morgan fingerprint density at radius 2 is 1.94 bits per heavy atom. The minimum Gasteiger partial charge on any atom is -0.396 e. The Labute approximate surface area is 110 Å². The predicted molar refractivity (Wildman–Crippen MR) is 73.7 cm³/mol. The molecule has 0 saturated carbocycles. The summed E-state index contributed by atoms with van der Waals surface area (Å²) in [7, 11) is 2.23. The highest BCUT2D eigenvalue weighted by Crippen LogP contribution is 2.45. The molecule has 2 saturated heterocycles. The van der Waals surface area contributed by atoms with Crippen LogP contribution in [0.2, 0.25) is 0 Å². The fourth-order valence-corrected chi connectivity index (χ4v) is 4.02. The summed E-state index contributed by atoms with van der Waals surface area (Å²) >= 11 is 0. The molecule has 0 radical (unpaired) electrons. The molecule has 18 heavy (non-hydrogen) atoms. The van der Waals surface area contributed by atoms with Gasteiger partial charge in [-0.1, -0.05) is 29.8 Å². The number of hydrogen-bond donors (Lipinski definition) is 1.